The third-order valence-corrected chi connectivity index (χ3v) is 2.98. The molecule has 21 heavy (non-hydrogen) atoms. The lowest BCUT2D eigenvalue weighted by molar-refractivity contribution is -0.114. The predicted octanol–water partition coefficient (Wildman–Crippen LogP) is 2.24. The Bertz CT molecular complexity index is 690. The van der Waals surface area contributed by atoms with Gasteiger partial charge in [0.25, 0.3) is 0 Å². The van der Waals surface area contributed by atoms with E-state index in [2.05, 4.69) is 5.32 Å². The van der Waals surface area contributed by atoms with Crippen molar-refractivity contribution in [2.45, 2.75) is 6.92 Å². The molecule has 6 nitrogen and oxygen atoms in total. The molecule has 1 aromatic carbocycles. The standard InChI is InChI=1S/C15H13NO5/c1-9(17)16-11-8-14-13(20-5-6-21-14)7-10(11)15(18)12-3-2-4-19-12/h2-4,7-8H,5-6H2,1H3,(H,16,17). The summed E-state index contributed by atoms with van der Waals surface area (Å²) >= 11 is 0. The number of furan rings is 1. The van der Waals surface area contributed by atoms with Gasteiger partial charge in [-0.3, -0.25) is 9.59 Å². The highest BCUT2D eigenvalue weighted by molar-refractivity contribution is 6.12. The van der Waals surface area contributed by atoms with Crippen LogP contribution < -0.4 is 14.8 Å². The van der Waals surface area contributed by atoms with E-state index in [4.69, 9.17) is 13.9 Å². The molecule has 0 spiro atoms. The van der Waals surface area contributed by atoms with Crippen molar-refractivity contribution in [3.8, 4) is 11.5 Å². The van der Waals surface area contributed by atoms with Crippen LogP contribution in [0.25, 0.3) is 0 Å². The maximum atomic E-state index is 12.5. The Hall–Kier alpha value is -2.76. The van der Waals surface area contributed by atoms with E-state index in [1.54, 1.807) is 24.3 Å². The molecule has 0 bridgehead atoms. The van der Waals surface area contributed by atoms with Crippen LogP contribution in [-0.4, -0.2) is 24.9 Å². The van der Waals surface area contributed by atoms with Crippen LogP contribution in [0.2, 0.25) is 0 Å². The van der Waals surface area contributed by atoms with E-state index in [-0.39, 0.29) is 17.5 Å². The highest BCUT2D eigenvalue weighted by atomic mass is 16.6. The second-order valence-corrected chi connectivity index (χ2v) is 4.53. The first-order chi connectivity index (χ1) is 10.1. The second kappa shape index (κ2) is 5.32. The van der Waals surface area contributed by atoms with E-state index in [1.807, 2.05) is 0 Å². The van der Waals surface area contributed by atoms with E-state index in [9.17, 15) is 9.59 Å². The number of anilines is 1. The number of fused-ring (bicyclic) bond motifs is 1. The average Bonchev–Trinajstić information content (AvgIpc) is 2.99. The molecule has 0 saturated heterocycles. The molecule has 0 atom stereocenters. The van der Waals surface area contributed by atoms with Crippen LogP contribution in [0, 0.1) is 0 Å². The predicted molar refractivity (Wildman–Crippen MR) is 73.9 cm³/mol. The van der Waals surface area contributed by atoms with Crippen LogP contribution in [0.1, 0.15) is 23.0 Å². The van der Waals surface area contributed by atoms with Gasteiger partial charge in [-0.05, 0) is 18.2 Å². The number of carbonyl (C=O) groups is 2. The zero-order valence-corrected chi connectivity index (χ0v) is 11.3. The van der Waals surface area contributed by atoms with Gasteiger partial charge < -0.3 is 19.2 Å². The van der Waals surface area contributed by atoms with Crippen LogP contribution in [0.3, 0.4) is 0 Å². The lowest BCUT2D eigenvalue weighted by Gasteiger charge is -2.20. The lowest BCUT2D eigenvalue weighted by atomic mass is 10.0. The number of carbonyl (C=O) groups excluding carboxylic acids is 2. The van der Waals surface area contributed by atoms with Gasteiger partial charge in [0, 0.05) is 13.0 Å². The van der Waals surface area contributed by atoms with Gasteiger partial charge in [-0.1, -0.05) is 0 Å². The third-order valence-electron chi connectivity index (χ3n) is 2.98. The summed E-state index contributed by atoms with van der Waals surface area (Å²) in [6, 6.07) is 6.34. The Kier molecular flexibility index (Phi) is 3.35. The topological polar surface area (TPSA) is 77.8 Å². The van der Waals surface area contributed by atoms with Crippen molar-refractivity contribution < 1.29 is 23.5 Å². The van der Waals surface area contributed by atoms with Gasteiger partial charge in [0.15, 0.2) is 17.3 Å². The summed E-state index contributed by atoms with van der Waals surface area (Å²) in [4.78, 5) is 23.8. The van der Waals surface area contributed by atoms with Crippen molar-refractivity contribution in [3.63, 3.8) is 0 Å². The SMILES string of the molecule is CC(=O)Nc1cc2c(cc1C(=O)c1ccco1)OCCO2. The molecule has 0 fully saturated rings. The van der Waals surface area contributed by atoms with Gasteiger partial charge in [0.2, 0.25) is 11.7 Å². The molecule has 0 unspecified atom stereocenters. The fourth-order valence-electron chi connectivity index (χ4n) is 2.11. The highest BCUT2D eigenvalue weighted by Crippen LogP contribution is 2.36. The smallest absolute Gasteiger partial charge is 0.230 e. The van der Waals surface area contributed by atoms with Crippen molar-refractivity contribution in [2.75, 3.05) is 18.5 Å². The van der Waals surface area contributed by atoms with Gasteiger partial charge in [0.05, 0.1) is 17.5 Å². The lowest BCUT2D eigenvalue weighted by Crippen LogP contribution is -2.18. The Morgan fingerprint density at radius 1 is 1.14 bits per heavy atom. The molecular formula is C15H13NO5. The Labute approximate surface area is 120 Å². The number of amides is 1. The molecule has 6 heteroatoms. The van der Waals surface area contributed by atoms with E-state index >= 15 is 0 Å². The normalized spacial score (nSPS) is 12.8. The maximum Gasteiger partial charge on any atom is 0.230 e. The number of benzene rings is 1. The molecule has 108 valence electrons. The minimum absolute atomic E-state index is 0.193. The number of hydrogen-bond acceptors (Lipinski definition) is 5. The first kappa shape index (κ1) is 13.2. The Morgan fingerprint density at radius 2 is 1.86 bits per heavy atom. The summed E-state index contributed by atoms with van der Waals surface area (Å²) < 4.78 is 16.1. The number of hydrogen-bond donors (Lipinski definition) is 1. The van der Waals surface area contributed by atoms with Gasteiger partial charge in [-0.15, -0.1) is 0 Å². The summed E-state index contributed by atoms with van der Waals surface area (Å²) in [5.74, 6) is 0.561. The van der Waals surface area contributed by atoms with Gasteiger partial charge in [-0.2, -0.15) is 0 Å². The second-order valence-electron chi connectivity index (χ2n) is 4.53. The molecule has 1 aliphatic heterocycles. The number of rotatable bonds is 3. The number of ketones is 1. The third kappa shape index (κ3) is 2.60. The number of nitrogens with one attached hydrogen (secondary N) is 1. The minimum atomic E-state index is -0.333. The molecule has 3 rings (SSSR count). The van der Waals surface area contributed by atoms with Crippen LogP contribution in [-0.2, 0) is 4.79 Å². The Balaban J connectivity index is 2.08. The quantitative estimate of drug-likeness (QED) is 0.876. The summed E-state index contributed by atoms with van der Waals surface area (Å²) in [7, 11) is 0. The minimum Gasteiger partial charge on any atom is -0.486 e. The monoisotopic (exact) mass is 287 g/mol. The summed E-state index contributed by atoms with van der Waals surface area (Å²) in [5, 5.41) is 2.63. The summed E-state index contributed by atoms with van der Waals surface area (Å²) in [6.45, 7) is 2.22. The van der Waals surface area contributed by atoms with E-state index < -0.39 is 0 Å². The van der Waals surface area contributed by atoms with Crippen LogP contribution in [0.15, 0.2) is 34.9 Å². The zero-order valence-electron chi connectivity index (χ0n) is 11.3. The molecule has 1 N–H and O–H groups in total. The fraction of sp³-hybridized carbons (Fsp3) is 0.200. The molecule has 1 aromatic heterocycles. The summed E-state index contributed by atoms with van der Waals surface area (Å²) in [6.07, 6.45) is 1.42. The highest BCUT2D eigenvalue weighted by Gasteiger charge is 2.22. The number of ether oxygens (including phenoxy) is 2. The zero-order chi connectivity index (χ0) is 14.8. The molecule has 0 saturated carbocycles. The van der Waals surface area contributed by atoms with Crippen LogP contribution in [0.4, 0.5) is 5.69 Å². The average molecular weight is 287 g/mol. The van der Waals surface area contributed by atoms with Gasteiger partial charge in [-0.25, -0.2) is 0 Å². The van der Waals surface area contributed by atoms with Crippen molar-refractivity contribution >= 4 is 17.4 Å². The van der Waals surface area contributed by atoms with Crippen molar-refractivity contribution in [2.24, 2.45) is 0 Å². The van der Waals surface area contributed by atoms with E-state index in [0.29, 0.717) is 36.0 Å². The largest absolute Gasteiger partial charge is 0.486 e. The van der Waals surface area contributed by atoms with Crippen molar-refractivity contribution in [1.82, 2.24) is 0 Å². The molecule has 1 aliphatic rings. The van der Waals surface area contributed by atoms with Gasteiger partial charge in [0.1, 0.15) is 13.2 Å². The molecule has 0 radical (unpaired) electrons. The van der Waals surface area contributed by atoms with Crippen LogP contribution >= 0.6 is 0 Å². The molecular weight excluding hydrogens is 274 g/mol. The Morgan fingerprint density at radius 3 is 2.48 bits per heavy atom. The van der Waals surface area contributed by atoms with Crippen LogP contribution in [0.5, 0.6) is 11.5 Å². The maximum absolute atomic E-state index is 12.5. The molecule has 0 aliphatic carbocycles. The van der Waals surface area contributed by atoms with Crippen molar-refractivity contribution in [1.29, 1.82) is 0 Å². The molecule has 2 aromatic rings. The molecule has 2 heterocycles. The first-order valence-corrected chi connectivity index (χ1v) is 6.44. The fourth-order valence-corrected chi connectivity index (χ4v) is 2.11. The van der Waals surface area contributed by atoms with Crippen molar-refractivity contribution in [3.05, 3.63) is 41.9 Å². The van der Waals surface area contributed by atoms with E-state index in [0.717, 1.165) is 0 Å². The molecule has 1 amide bonds. The van der Waals surface area contributed by atoms with Gasteiger partial charge >= 0.3 is 0 Å². The first-order valence-electron chi connectivity index (χ1n) is 6.44. The summed E-state index contributed by atoms with van der Waals surface area (Å²) in [5.41, 5.74) is 0.664. The van der Waals surface area contributed by atoms with E-state index in [1.165, 1.54) is 13.2 Å².